The minimum Gasteiger partial charge on any atom is -0.382 e. The maximum absolute atomic E-state index is 5.29. The Bertz CT molecular complexity index is 324. The Kier molecular flexibility index (Phi) is 6.23. The minimum absolute atomic E-state index is 0.350. The molecule has 0 aliphatic carbocycles. The Hall–Kier alpha value is -0.860. The normalized spacial score (nSPS) is 14.6. The summed E-state index contributed by atoms with van der Waals surface area (Å²) in [6.07, 6.45) is 3.70. The molecule has 0 heterocycles. The molecule has 2 heteroatoms. The number of hydrogen-bond acceptors (Lipinski definition) is 2. The monoisotopic (exact) mass is 235 g/mol. The first kappa shape index (κ1) is 14.2. The lowest BCUT2D eigenvalue weighted by molar-refractivity contribution is 0.106. The van der Waals surface area contributed by atoms with Crippen molar-refractivity contribution in [1.82, 2.24) is 5.32 Å². The lowest BCUT2D eigenvalue weighted by Gasteiger charge is -2.19. The van der Waals surface area contributed by atoms with Crippen molar-refractivity contribution in [3.63, 3.8) is 0 Å². The van der Waals surface area contributed by atoms with Gasteiger partial charge in [0.15, 0.2) is 0 Å². The number of ether oxygens (including phenoxy) is 1. The first-order valence-electron chi connectivity index (χ1n) is 6.42. The maximum Gasteiger partial charge on any atom is 0.0543 e. The van der Waals surface area contributed by atoms with E-state index >= 15 is 0 Å². The summed E-state index contributed by atoms with van der Waals surface area (Å²) in [6, 6.07) is 9.15. The van der Waals surface area contributed by atoms with Crippen LogP contribution in [0.5, 0.6) is 0 Å². The van der Waals surface area contributed by atoms with Crippen molar-refractivity contribution in [2.24, 2.45) is 0 Å². The number of methoxy groups -OCH3 is 1. The highest BCUT2D eigenvalue weighted by molar-refractivity contribution is 5.26. The van der Waals surface area contributed by atoms with Gasteiger partial charge in [0.05, 0.1) is 6.10 Å². The van der Waals surface area contributed by atoms with Gasteiger partial charge >= 0.3 is 0 Å². The summed E-state index contributed by atoms with van der Waals surface area (Å²) in [4.78, 5) is 0. The van der Waals surface area contributed by atoms with Gasteiger partial charge in [0.2, 0.25) is 0 Å². The molecule has 1 N–H and O–H groups in total. The van der Waals surface area contributed by atoms with E-state index in [2.05, 4.69) is 43.4 Å². The second-order valence-corrected chi connectivity index (χ2v) is 4.74. The topological polar surface area (TPSA) is 21.3 Å². The maximum atomic E-state index is 5.29. The van der Waals surface area contributed by atoms with E-state index < -0.39 is 0 Å². The highest BCUT2D eigenvalue weighted by Gasteiger charge is 2.10. The summed E-state index contributed by atoms with van der Waals surface area (Å²) in [6.45, 7) is 4.31. The summed E-state index contributed by atoms with van der Waals surface area (Å²) in [5, 5.41) is 3.40. The fourth-order valence-electron chi connectivity index (χ4n) is 2.01. The molecule has 96 valence electrons. The molecule has 2 unspecified atom stereocenters. The molecule has 0 aliphatic rings. The third kappa shape index (κ3) is 4.88. The Labute approximate surface area is 105 Å². The predicted molar refractivity (Wildman–Crippen MR) is 73.4 cm³/mol. The van der Waals surface area contributed by atoms with Gasteiger partial charge in [-0.3, -0.25) is 0 Å². The van der Waals surface area contributed by atoms with Crippen LogP contribution in [-0.2, 0) is 11.2 Å². The summed E-state index contributed by atoms with van der Waals surface area (Å²) >= 11 is 0. The van der Waals surface area contributed by atoms with E-state index in [0.29, 0.717) is 12.1 Å². The summed E-state index contributed by atoms with van der Waals surface area (Å²) < 4.78 is 5.29. The number of benzene rings is 1. The molecule has 0 bridgehead atoms. The van der Waals surface area contributed by atoms with Crippen LogP contribution < -0.4 is 5.32 Å². The van der Waals surface area contributed by atoms with Crippen molar-refractivity contribution >= 4 is 0 Å². The highest BCUT2D eigenvalue weighted by atomic mass is 16.5. The summed E-state index contributed by atoms with van der Waals surface area (Å²) in [5.41, 5.74) is 2.82. The van der Waals surface area contributed by atoms with Crippen molar-refractivity contribution in [3.05, 3.63) is 35.4 Å². The van der Waals surface area contributed by atoms with Gasteiger partial charge in [-0.2, -0.15) is 0 Å². The molecule has 1 aromatic carbocycles. The van der Waals surface area contributed by atoms with E-state index in [4.69, 9.17) is 4.74 Å². The number of rotatable bonds is 7. The Morgan fingerprint density at radius 1 is 1.24 bits per heavy atom. The van der Waals surface area contributed by atoms with Crippen LogP contribution in [0.3, 0.4) is 0 Å². The first-order valence-corrected chi connectivity index (χ1v) is 6.42. The van der Waals surface area contributed by atoms with E-state index in [1.165, 1.54) is 11.1 Å². The minimum atomic E-state index is 0.350. The van der Waals surface area contributed by atoms with Gasteiger partial charge in [-0.15, -0.1) is 0 Å². The fraction of sp³-hybridized carbons (Fsp3) is 0.600. The lowest BCUT2D eigenvalue weighted by atomic mass is 9.97. The molecule has 0 amide bonds. The Morgan fingerprint density at radius 3 is 2.53 bits per heavy atom. The average molecular weight is 235 g/mol. The molecular weight excluding hydrogens is 210 g/mol. The summed E-state index contributed by atoms with van der Waals surface area (Å²) in [5.74, 6) is 0. The molecule has 0 spiro atoms. The van der Waals surface area contributed by atoms with Crippen LogP contribution in [0.4, 0.5) is 0 Å². The van der Waals surface area contributed by atoms with Gasteiger partial charge in [-0.1, -0.05) is 24.3 Å². The van der Waals surface area contributed by atoms with Gasteiger partial charge in [0, 0.05) is 13.2 Å². The van der Waals surface area contributed by atoms with Crippen LogP contribution in [0.15, 0.2) is 24.3 Å². The highest BCUT2D eigenvalue weighted by Crippen LogP contribution is 2.13. The zero-order valence-electron chi connectivity index (χ0n) is 11.5. The SMILES string of the molecule is CNC(CCC(C)OC)Cc1ccccc1C. The van der Waals surface area contributed by atoms with Crippen molar-refractivity contribution in [2.45, 2.75) is 45.3 Å². The van der Waals surface area contributed by atoms with E-state index in [1.807, 2.05) is 7.05 Å². The molecule has 2 atom stereocenters. The Balaban J connectivity index is 2.49. The largest absolute Gasteiger partial charge is 0.382 e. The smallest absolute Gasteiger partial charge is 0.0543 e. The second kappa shape index (κ2) is 7.46. The molecule has 1 rings (SSSR count). The van der Waals surface area contributed by atoms with Crippen LogP contribution in [0.2, 0.25) is 0 Å². The molecule has 17 heavy (non-hydrogen) atoms. The molecule has 0 saturated heterocycles. The lowest BCUT2D eigenvalue weighted by Crippen LogP contribution is -2.29. The van der Waals surface area contributed by atoms with E-state index in [-0.39, 0.29) is 0 Å². The first-order chi connectivity index (χ1) is 8.17. The van der Waals surface area contributed by atoms with E-state index in [9.17, 15) is 0 Å². The van der Waals surface area contributed by atoms with Crippen LogP contribution >= 0.6 is 0 Å². The molecule has 0 aromatic heterocycles. The van der Waals surface area contributed by atoms with Crippen LogP contribution in [0, 0.1) is 6.92 Å². The number of nitrogens with one attached hydrogen (secondary N) is 1. The van der Waals surface area contributed by atoms with Crippen LogP contribution in [0.25, 0.3) is 0 Å². The quantitative estimate of drug-likeness (QED) is 0.784. The van der Waals surface area contributed by atoms with Crippen molar-refractivity contribution in [2.75, 3.05) is 14.2 Å². The fourth-order valence-corrected chi connectivity index (χ4v) is 2.01. The number of hydrogen-bond donors (Lipinski definition) is 1. The second-order valence-electron chi connectivity index (χ2n) is 4.74. The molecule has 1 aromatic rings. The van der Waals surface area contributed by atoms with E-state index in [1.54, 1.807) is 7.11 Å². The molecule has 0 radical (unpaired) electrons. The summed E-state index contributed by atoms with van der Waals surface area (Å²) in [7, 11) is 3.82. The van der Waals surface area contributed by atoms with Gasteiger partial charge in [-0.25, -0.2) is 0 Å². The van der Waals surface area contributed by atoms with Gasteiger partial charge in [0.1, 0.15) is 0 Å². The van der Waals surface area contributed by atoms with Crippen LogP contribution in [-0.4, -0.2) is 26.3 Å². The van der Waals surface area contributed by atoms with E-state index in [0.717, 1.165) is 19.3 Å². The van der Waals surface area contributed by atoms with Gasteiger partial charge < -0.3 is 10.1 Å². The van der Waals surface area contributed by atoms with Crippen LogP contribution in [0.1, 0.15) is 30.9 Å². The average Bonchev–Trinajstić information content (AvgIpc) is 2.36. The molecular formula is C15H25NO. The zero-order valence-corrected chi connectivity index (χ0v) is 11.5. The number of aryl methyl sites for hydroxylation is 1. The molecule has 0 aliphatic heterocycles. The molecule has 2 nitrogen and oxygen atoms in total. The van der Waals surface area contributed by atoms with Crippen molar-refractivity contribution in [3.8, 4) is 0 Å². The van der Waals surface area contributed by atoms with Gasteiger partial charge in [-0.05, 0) is 51.3 Å². The van der Waals surface area contributed by atoms with Crippen molar-refractivity contribution in [1.29, 1.82) is 0 Å². The molecule has 0 fully saturated rings. The standard InChI is InChI=1S/C15H25NO/c1-12-7-5-6-8-14(12)11-15(16-3)10-9-13(2)17-4/h5-8,13,15-16H,9-11H2,1-4H3. The third-order valence-corrected chi connectivity index (χ3v) is 3.46. The van der Waals surface area contributed by atoms with Crippen molar-refractivity contribution < 1.29 is 4.74 Å². The third-order valence-electron chi connectivity index (χ3n) is 3.46. The Morgan fingerprint density at radius 2 is 1.94 bits per heavy atom. The van der Waals surface area contributed by atoms with Gasteiger partial charge in [0.25, 0.3) is 0 Å². The predicted octanol–water partition coefficient (Wildman–Crippen LogP) is 2.94. The molecule has 0 saturated carbocycles. The zero-order chi connectivity index (χ0) is 12.7. The number of likely N-dealkylation sites (N-methyl/N-ethyl adjacent to an activating group) is 1.